The molecule has 1 saturated heterocycles. The predicted octanol–water partition coefficient (Wildman–Crippen LogP) is 2.66. The summed E-state index contributed by atoms with van der Waals surface area (Å²) in [5.74, 6) is -2.19. The fourth-order valence-electron chi connectivity index (χ4n) is 1.46. The number of hydrogen-bond acceptors (Lipinski definition) is 3. The second kappa shape index (κ2) is 5.18. The second-order valence-electron chi connectivity index (χ2n) is 3.59. The molecule has 0 amide bonds. The van der Waals surface area contributed by atoms with Crippen LogP contribution < -0.4 is 4.90 Å². The first-order chi connectivity index (χ1) is 7.57. The van der Waals surface area contributed by atoms with Crippen LogP contribution in [0.15, 0.2) is 12.4 Å². The third-order valence-corrected chi connectivity index (χ3v) is 2.22. The molecule has 0 spiro atoms. The van der Waals surface area contributed by atoms with Crippen molar-refractivity contribution in [1.82, 2.24) is 9.97 Å². The van der Waals surface area contributed by atoms with Gasteiger partial charge in [0.05, 0.1) is 6.54 Å². The van der Waals surface area contributed by atoms with Gasteiger partial charge in [0, 0.05) is 25.4 Å². The lowest BCUT2D eigenvalue weighted by Gasteiger charge is -2.15. The van der Waals surface area contributed by atoms with Crippen molar-refractivity contribution in [2.24, 2.45) is 0 Å². The normalized spacial score (nSPS) is 17.9. The maximum Gasteiger partial charge on any atom is 0.267 e. The van der Waals surface area contributed by atoms with Crippen molar-refractivity contribution in [3.63, 3.8) is 0 Å². The van der Waals surface area contributed by atoms with Gasteiger partial charge in [-0.1, -0.05) is 13.8 Å². The molecule has 2 rings (SSSR count). The van der Waals surface area contributed by atoms with Gasteiger partial charge in [-0.05, 0) is 12.5 Å². The van der Waals surface area contributed by atoms with Crippen LogP contribution in [0, 0.1) is 6.92 Å². The highest BCUT2D eigenvalue weighted by Gasteiger charge is 2.39. The van der Waals surface area contributed by atoms with Crippen molar-refractivity contribution < 1.29 is 8.78 Å². The van der Waals surface area contributed by atoms with Crippen molar-refractivity contribution in [2.45, 2.75) is 33.1 Å². The van der Waals surface area contributed by atoms with Crippen molar-refractivity contribution in [3.8, 4) is 0 Å². The Balaban J connectivity index is 0.000000606. The molecule has 1 aromatic rings. The Morgan fingerprint density at radius 3 is 2.25 bits per heavy atom. The van der Waals surface area contributed by atoms with Gasteiger partial charge < -0.3 is 4.90 Å². The molecule has 0 unspecified atom stereocenters. The van der Waals surface area contributed by atoms with E-state index in [4.69, 9.17) is 0 Å². The maximum atomic E-state index is 12.9. The van der Waals surface area contributed by atoms with Crippen molar-refractivity contribution in [3.05, 3.63) is 18.0 Å². The van der Waals surface area contributed by atoms with Gasteiger partial charge in [-0.15, -0.1) is 0 Å². The highest BCUT2D eigenvalue weighted by molar-refractivity contribution is 5.32. The van der Waals surface area contributed by atoms with Crippen molar-refractivity contribution in [1.29, 1.82) is 0 Å². The van der Waals surface area contributed by atoms with E-state index in [1.807, 2.05) is 20.8 Å². The summed E-state index contributed by atoms with van der Waals surface area (Å²) in [6.45, 7) is 5.93. The monoisotopic (exact) mass is 229 g/mol. The molecule has 0 atom stereocenters. The standard InChI is InChI=1S/C9H11F2N3.C2H6/c1-7-4-12-8(13-5-7)14-3-2-9(10,11)6-14;1-2/h4-5H,2-3,6H2,1H3;1-2H3. The Kier molecular flexibility index (Phi) is 4.15. The van der Waals surface area contributed by atoms with E-state index < -0.39 is 5.92 Å². The van der Waals surface area contributed by atoms with E-state index in [2.05, 4.69) is 9.97 Å². The lowest BCUT2D eigenvalue weighted by atomic mass is 10.3. The molecular formula is C11H17F2N3. The molecule has 1 aliphatic heterocycles. The molecule has 0 radical (unpaired) electrons. The highest BCUT2D eigenvalue weighted by atomic mass is 19.3. The Bertz CT molecular complexity index is 325. The van der Waals surface area contributed by atoms with Gasteiger partial charge in [0.2, 0.25) is 5.95 Å². The minimum absolute atomic E-state index is 0.107. The Hall–Kier alpha value is -1.26. The smallest absolute Gasteiger partial charge is 0.267 e. The number of anilines is 1. The molecule has 0 bridgehead atoms. The van der Waals surface area contributed by atoms with Crippen LogP contribution in [0.25, 0.3) is 0 Å². The van der Waals surface area contributed by atoms with Crippen LogP contribution in [-0.4, -0.2) is 29.0 Å². The largest absolute Gasteiger partial charge is 0.335 e. The van der Waals surface area contributed by atoms with Crippen LogP contribution in [0.3, 0.4) is 0 Å². The molecule has 90 valence electrons. The topological polar surface area (TPSA) is 29.0 Å². The molecule has 0 N–H and O–H groups in total. The lowest BCUT2D eigenvalue weighted by Crippen LogP contribution is -2.26. The van der Waals surface area contributed by atoms with Gasteiger partial charge in [-0.3, -0.25) is 0 Å². The summed E-state index contributed by atoms with van der Waals surface area (Å²) in [6.07, 6.45) is 3.17. The molecule has 1 aromatic heterocycles. The lowest BCUT2D eigenvalue weighted by molar-refractivity contribution is 0.0256. The molecule has 2 heterocycles. The maximum absolute atomic E-state index is 12.9. The molecule has 16 heavy (non-hydrogen) atoms. The Morgan fingerprint density at radius 2 is 1.81 bits per heavy atom. The zero-order valence-corrected chi connectivity index (χ0v) is 9.87. The van der Waals surface area contributed by atoms with Gasteiger partial charge in [0.1, 0.15) is 0 Å². The van der Waals surface area contributed by atoms with Crippen LogP contribution in [-0.2, 0) is 0 Å². The number of alkyl halides is 2. The van der Waals surface area contributed by atoms with Crippen LogP contribution in [0.4, 0.5) is 14.7 Å². The van der Waals surface area contributed by atoms with E-state index >= 15 is 0 Å². The van der Waals surface area contributed by atoms with E-state index in [0.29, 0.717) is 12.5 Å². The van der Waals surface area contributed by atoms with Gasteiger partial charge in [0.25, 0.3) is 5.92 Å². The summed E-state index contributed by atoms with van der Waals surface area (Å²) >= 11 is 0. The summed E-state index contributed by atoms with van der Waals surface area (Å²) in [5, 5.41) is 0. The van der Waals surface area contributed by atoms with E-state index in [1.54, 1.807) is 12.4 Å². The quantitative estimate of drug-likeness (QED) is 0.741. The molecule has 5 heteroatoms. The van der Waals surface area contributed by atoms with Crippen LogP contribution >= 0.6 is 0 Å². The number of hydrogen-bond donors (Lipinski definition) is 0. The Morgan fingerprint density at radius 1 is 1.25 bits per heavy atom. The number of rotatable bonds is 1. The second-order valence-corrected chi connectivity index (χ2v) is 3.59. The summed E-state index contributed by atoms with van der Waals surface area (Å²) < 4.78 is 25.7. The van der Waals surface area contributed by atoms with Gasteiger partial charge in [-0.2, -0.15) is 0 Å². The number of aryl methyl sites for hydroxylation is 1. The summed E-state index contributed by atoms with van der Waals surface area (Å²) in [4.78, 5) is 9.53. The summed E-state index contributed by atoms with van der Waals surface area (Å²) in [5.41, 5.74) is 0.930. The third kappa shape index (κ3) is 3.12. The first-order valence-electron chi connectivity index (χ1n) is 5.48. The SMILES string of the molecule is CC.Cc1cnc(N2CCC(F)(F)C2)nc1. The molecule has 0 aromatic carbocycles. The average Bonchev–Trinajstić information content (AvgIpc) is 2.63. The minimum atomic E-state index is -2.59. The molecular weight excluding hydrogens is 212 g/mol. The van der Waals surface area contributed by atoms with Gasteiger partial charge >= 0.3 is 0 Å². The van der Waals surface area contributed by atoms with Crippen molar-refractivity contribution in [2.75, 3.05) is 18.0 Å². The van der Waals surface area contributed by atoms with E-state index in [0.717, 1.165) is 5.56 Å². The highest BCUT2D eigenvalue weighted by Crippen LogP contribution is 2.28. The number of nitrogens with zero attached hydrogens (tertiary/aromatic N) is 3. The molecule has 0 saturated carbocycles. The zero-order valence-electron chi connectivity index (χ0n) is 9.87. The van der Waals surface area contributed by atoms with Crippen LogP contribution in [0.5, 0.6) is 0 Å². The molecule has 0 aliphatic carbocycles. The fourth-order valence-corrected chi connectivity index (χ4v) is 1.46. The molecule has 1 fully saturated rings. The van der Waals surface area contributed by atoms with E-state index in [1.165, 1.54) is 4.90 Å². The summed E-state index contributed by atoms with van der Waals surface area (Å²) in [6, 6.07) is 0. The first-order valence-corrected chi connectivity index (χ1v) is 5.48. The van der Waals surface area contributed by atoms with Crippen LogP contribution in [0.1, 0.15) is 25.8 Å². The molecule has 1 aliphatic rings. The first kappa shape index (κ1) is 12.8. The summed E-state index contributed by atoms with van der Waals surface area (Å²) in [7, 11) is 0. The number of halogens is 2. The average molecular weight is 229 g/mol. The number of aromatic nitrogens is 2. The molecule has 3 nitrogen and oxygen atoms in total. The Labute approximate surface area is 94.5 Å². The predicted molar refractivity (Wildman–Crippen MR) is 59.9 cm³/mol. The van der Waals surface area contributed by atoms with Gasteiger partial charge in [0.15, 0.2) is 0 Å². The van der Waals surface area contributed by atoms with Gasteiger partial charge in [-0.25, -0.2) is 18.7 Å². The zero-order chi connectivity index (χ0) is 12.2. The van der Waals surface area contributed by atoms with E-state index in [-0.39, 0.29) is 13.0 Å². The van der Waals surface area contributed by atoms with Crippen LogP contribution in [0.2, 0.25) is 0 Å². The van der Waals surface area contributed by atoms with Crippen molar-refractivity contribution >= 4 is 5.95 Å². The minimum Gasteiger partial charge on any atom is -0.335 e. The van der Waals surface area contributed by atoms with E-state index in [9.17, 15) is 8.78 Å². The third-order valence-electron chi connectivity index (χ3n) is 2.22. The fraction of sp³-hybridized carbons (Fsp3) is 0.636.